The minimum atomic E-state index is -0.384. The number of ether oxygens (including phenoxy) is 1. The van der Waals surface area contributed by atoms with Crippen molar-refractivity contribution in [1.82, 2.24) is 4.98 Å². The maximum Gasteiger partial charge on any atom is 0.266 e. The number of rotatable bonds is 5. The highest BCUT2D eigenvalue weighted by Crippen LogP contribution is 2.32. The van der Waals surface area contributed by atoms with E-state index < -0.39 is 0 Å². The zero-order valence-corrected chi connectivity index (χ0v) is 12.8. The lowest BCUT2D eigenvalue weighted by Gasteiger charge is -2.12. The normalized spacial score (nSPS) is 10.1. The average molecular weight is 300 g/mol. The van der Waals surface area contributed by atoms with Crippen molar-refractivity contribution in [3.8, 4) is 23.1 Å². The van der Waals surface area contributed by atoms with Gasteiger partial charge < -0.3 is 9.72 Å². The number of hydrogen-bond acceptors (Lipinski definition) is 4. The van der Waals surface area contributed by atoms with Gasteiger partial charge in [0, 0.05) is 10.5 Å². The quantitative estimate of drug-likeness (QED) is 0.859. The van der Waals surface area contributed by atoms with Crippen LogP contribution < -0.4 is 10.3 Å². The van der Waals surface area contributed by atoms with Gasteiger partial charge in [0.1, 0.15) is 17.4 Å². The molecule has 5 heteroatoms. The predicted molar refractivity (Wildman–Crippen MR) is 84.8 cm³/mol. The van der Waals surface area contributed by atoms with Crippen molar-refractivity contribution in [2.75, 3.05) is 12.9 Å². The number of aromatic nitrogens is 1. The third kappa shape index (κ3) is 3.47. The molecule has 0 fully saturated rings. The lowest BCUT2D eigenvalue weighted by molar-refractivity contribution is 0.318. The molecule has 108 valence electrons. The number of benzene rings is 1. The van der Waals surface area contributed by atoms with Crippen molar-refractivity contribution < 1.29 is 4.74 Å². The van der Waals surface area contributed by atoms with Crippen LogP contribution in [0, 0.1) is 11.3 Å². The van der Waals surface area contributed by atoms with Crippen LogP contribution in [0.4, 0.5) is 0 Å². The molecule has 2 aromatic rings. The summed E-state index contributed by atoms with van der Waals surface area (Å²) in [4.78, 5) is 15.6. The Hall–Kier alpha value is -2.19. The Kier molecular flexibility index (Phi) is 5.07. The Labute approximate surface area is 127 Å². The van der Waals surface area contributed by atoms with E-state index in [1.165, 1.54) is 6.07 Å². The van der Waals surface area contributed by atoms with Gasteiger partial charge in [-0.05, 0) is 43.0 Å². The molecule has 0 saturated carbocycles. The number of H-pyrrole nitrogens is 1. The van der Waals surface area contributed by atoms with Gasteiger partial charge in [-0.25, -0.2) is 0 Å². The van der Waals surface area contributed by atoms with Crippen LogP contribution in [0.25, 0.3) is 11.3 Å². The topological polar surface area (TPSA) is 65.9 Å². The van der Waals surface area contributed by atoms with Crippen LogP contribution in [-0.2, 0) is 0 Å². The molecule has 4 nitrogen and oxygen atoms in total. The van der Waals surface area contributed by atoms with Gasteiger partial charge >= 0.3 is 0 Å². The second kappa shape index (κ2) is 7.00. The molecule has 1 aromatic heterocycles. The van der Waals surface area contributed by atoms with Gasteiger partial charge in [-0.2, -0.15) is 5.26 Å². The molecule has 1 heterocycles. The van der Waals surface area contributed by atoms with Crippen molar-refractivity contribution in [2.24, 2.45) is 0 Å². The molecule has 2 rings (SSSR count). The van der Waals surface area contributed by atoms with Gasteiger partial charge in [-0.15, -0.1) is 11.8 Å². The predicted octanol–water partition coefficient (Wildman–Crippen LogP) is 3.42. The maximum atomic E-state index is 11.8. The van der Waals surface area contributed by atoms with E-state index in [0.29, 0.717) is 12.3 Å². The Morgan fingerprint density at radius 2 is 2.14 bits per heavy atom. The molecule has 0 aliphatic rings. The van der Waals surface area contributed by atoms with Crippen LogP contribution in [0.15, 0.2) is 40.0 Å². The monoisotopic (exact) mass is 300 g/mol. The van der Waals surface area contributed by atoms with Crippen molar-refractivity contribution in [1.29, 1.82) is 5.26 Å². The molecule has 0 saturated heterocycles. The number of nitrogens with one attached hydrogen (secondary N) is 1. The molecule has 0 aliphatic carbocycles. The van der Waals surface area contributed by atoms with Gasteiger partial charge in [0.05, 0.1) is 12.3 Å². The van der Waals surface area contributed by atoms with Crippen LogP contribution in [0.1, 0.15) is 18.9 Å². The molecule has 0 radical (unpaired) electrons. The van der Waals surface area contributed by atoms with Gasteiger partial charge in [0.15, 0.2) is 0 Å². The van der Waals surface area contributed by atoms with Crippen LogP contribution in [0.2, 0.25) is 0 Å². The highest BCUT2D eigenvalue weighted by atomic mass is 32.2. The van der Waals surface area contributed by atoms with E-state index in [-0.39, 0.29) is 11.1 Å². The number of thioether (sulfide) groups is 1. The molecule has 1 N–H and O–H groups in total. The van der Waals surface area contributed by atoms with Crippen LogP contribution in [0.3, 0.4) is 0 Å². The highest BCUT2D eigenvalue weighted by molar-refractivity contribution is 7.98. The molecule has 0 bridgehead atoms. The van der Waals surface area contributed by atoms with E-state index in [1.54, 1.807) is 17.8 Å². The SMILES string of the molecule is CCCOc1cc(SC)ccc1-c1ccc(C#N)c(=O)[nH]1. The molecule has 0 atom stereocenters. The molecule has 21 heavy (non-hydrogen) atoms. The van der Waals surface area contributed by atoms with E-state index in [0.717, 1.165) is 22.6 Å². The third-order valence-electron chi connectivity index (χ3n) is 2.97. The first kappa shape index (κ1) is 15.2. The molecular formula is C16H16N2O2S. The van der Waals surface area contributed by atoms with E-state index in [2.05, 4.69) is 4.98 Å². The first-order valence-corrected chi connectivity index (χ1v) is 7.86. The summed E-state index contributed by atoms with van der Waals surface area (Å²) in [6.07, 6.45) is 2.91. The lowest BCUT2D eigenvalue weighted by Crippen LogP contribution is -2.10. The Morgan fingerprint density at radius 3 is 2.76 bits per heavy atom. The van der Waals surface area contributed by atoms with E-state index >= 15 is 0 Å². The van der Waals surface area contributed by atoms with Gasteiger partial charge in [0.2, 0.25) is 0 Å². The maximum absolute atomic E-state index is 11.8. The standard InChI is InChI=1S/C16H16N2O2S/c1-3-8-20-15-9-12(21-2)5-6-13(15)14-7-4-11(10-17)16(19)18-14/h4-7,9H,3,8H2,1-2H3,(H,18,19). The minimum absolute atomic E-state index is 0.107. The molecule has 1 aromatic carbocycles. The Balaban J connectivity index is 2.49. The molecule has 0 aliphatic heterocycles. The Bertz CT molecular complexity index is 732. The number of hydrogen-bond donors (Lipinski definition) is 1. The van der Waals surface area contributed by atoms with Crippen LogP contribution in [0.5, 0.6) is 5.75 Å². The second-order valence-electron chi connectivity index (χ2n) is 4.44. The Morgan fingerprint density at radius 1 is 1.33 bits per heavy atom. The second-order valence-corrected chi connectivity index (χ2v) is 5.32. The van der Waals surface area contributed by atoms with E-state index in [9.17, 15) is 4.79 Å². The molecule has 0 amide bonds. The smallest absolute Gasteiger partial charge is 0.266 e. The van der Waals surface area contributed by atoms with Gasteiger partial charge in [0.25, 0.3) is 5.56 Å². The van der Waals surface area contributed by atoms with Crippen molar-refractivity contribution in [3.05, 3.63) is 46.2 Å². The summed E-state index contributed by atoms with van der Waals surface area (Å²) < 4.78 is 5.78. The number of nitriles is 1. The fourth-order valence-corrected chi connectivity index (χ4v) is 2.33. The number of nitrogens with zero attached hydrogens (tertiary/aromatic N) is 1. The fourth-order valence-electron chi connectivity index (χ4n) is 1.90. The average Bonchev–Trinajstić information content (AvgIpc) is 2.52. The fraction of sp³-hybridized carbons (Fsp3) is 0.250. The van der Waals surface area contributed by atoms with Crippen LogP contribution >= 0.6 is 11.8 Å². The zero-order valence-electron chi connectivity index (χ0n) is 12.0. The highest BCUT2D eigenvalue weighted by Gasteiger charge is 2.10. The van der Waals surface area contributed by atoms with Crippen molar-refractivity contribution in [3.63, 3.8) is 0 Å². The van der Waals surface area contributed by atoms with Gasteiger partial charge in [-0.1, -0.05) is 6.92 Å². The minimum Gasteiger partial charge on any atom is -0.493 e. The van der Waals surface area contributed by atoms with Gasteiger partial charge in [-0.3, -0.25) is 4.79 Å². The van der Waals surface area contributed by atoms with Crippen molar-refractivity contribution >= 4 is 11.8 Å². The largest absolute Gasteiger partial charge is 0.493 e. The van der Waals surface area contributed by atoms with Crippen molar-refractivity contribution in [2.45, 2.75) is 18.2 Å². The van der Waals surface area contributed by atoms with E-state index in [1.807, 2.05) is 37.4 Å². The first-order chi connectivity index (χ1) is 10.2. The summed E-state index contributed by atoms with van der Waals surface area (Å²) in [7, 11) is 0. The lowest BCUT2D eigenvalue weighted by atomic mass is 10.1. The molecule has 0 spiro atoms. The van der Waals surface area contributed by atoms with E-state index in [4.69, 9.17) is 10.00 Å². The molecular weight excluding hydrogens is 284 g/mol. The zero-order chi connectivity index (χ0) is 15.2. The summed E-state index contributed by atoms with van der Waals surface area (Å²) in [6, 6.07) is 11.0. The summed E-state index contributed by atoms with van der Waals surface area (Å²) in [6.45, 7) is 2.66. The number of aromatic amines is 1. The summed E-state index contributed by atoms with van der Waals surface area (Å²) >= 11 is 1.63. The third-order valence-corrected chi connectivity index (χ3v) is 3.70. The summed E-state index contributed by atoms with van der Waals surface area (Å²) in [5.74, 6) is 0.740. The number of pyridine rings is 1. The first-order valence-electron chi connectivity index (χ1n) is 6.64. The molecule has 0 unspecified atom stereocenters. The summed E-state index contributed by atoms with van der Waals surface area (Å²) in [5.41, 5.74) is 1.20. The van der Waals surface area contributed by atoms with Crippen LogP contribution in [-0.4, -0.2) is 17.8 Å². The summed E-state index contributed by atoms with van der Waals surface area (Å²) in [5, 5.41) is 8.82.